The van der Waals surface area contributed by atoms with Gasteiger partial charge >= 0.3 is 0 Å². The lowest BCUT2D eigenvalue weighted by molar-refractivity contribution is -0.126. The Morgan fingerprint density at radius 3 is 2.67 bits per heavy atom. The molecule has 27 heavy (non-hydrogen) atoms. The van der Waals surface area contributed by atoms with Crippen molar-refractivity contribution in [2.45, 2.75) is 31.6 Å². The number of rotatable bonds is 5. The quantitative estimate of drug-likeness (QED) is 0.628. The number of nitrogens with zero attached hydrogens (tertiary/aromatic N) is 2. The molecule has 1 amide bonds. The lowest BCUT2D eigenvalue weighted by Gasteiger charge is -2.30. The molecular weight excluding hydrogens is 366 g/mol. The highest BCUT2D eigenvalue weighted by atomic mass is 32.2. The minimum atomic E-state index is -3.61. The molecule has 2 aromatic rings. The molecule has 7 nitrogen and oxygen atoms in total. The zero-order valence-electron chi connectivity index (χ0n) is 15.4. The van der Waals surface area contributed by atoms with Crippen LogP contribution in [0.3, 0.4) is 0 Å². The summed E-state index contributed by atoms with van der Waals surface area (Å²) in [6, 6.07) is 10.2. The fourth-order valence-corrected chi connectivity index (χ4v) is 4.53. The van der Waals surface area contributed by atoms with E-state index in [0.29, 0.717) is 30.9 Å². The molecule has 3 rings (SSSR count). The third-order valence-electron chi connectivity index (χ3n) is 4.63. The maximum atomic E-state index is 12.8. The van der Waals surface area contributed by atoms with Crippen molar-refractivity contribution >= 4 is 21.6 Å². The SMILES string of the molecule is C/C(=N/NC(=O)[C@H]1CCCN(S(=O)(=O)c2ccc(C)cc2)C1)c1ccco1. The predicted octanol–water partition coefficient (Wildman–Crippen LogP) is 2.53. The minimum absolute atomic E-state index is 0.150. The van der Waals surface area contributed by atoms with Crippen LogP contribution in [0.15, 0.2) is 57.1 Å². The molecule has 0 spiro atoms. The van der Waals surface area contributed by atoms with Crippen molar-refractivity contribution in [2.24, 2.45) is 11.0 Å². The molecule has 2 heterocycles. The molecule has 1 N–H and O–H groups in total. The lowest BCUT2D eigenvalue weighted by atomic mass is 9.99. The molecule has 1 fully saturated rings. The normalized spacial score (nSPS) is 19.0. The second kappa shape index (κ2) is 8.06. The summed E-state index contributed by atoms with van der Waals surface area (Å²) in [6.07, 6.45) is 2.79. The van der Waals surface area contributed by atoms with Crippen molar-refractivity contribution < 1.29 is 17.6 Å². The second-order valence-corrected chi connectivity index (χ2v) is 8.60. The first kappa shape index (κ1) is 19.3. The number of nitrogens with one attached hydrogen (secondary N) is 1. The molecule has 0 unspecified atom stereocenters. The van der Waals surface area contributed by atoms with Crippen molar-refractivity contribution in [1.82, 2.24) is 9.73 Å². The van der Waals surface area contributed by atoms with E-state index in [-0.39, 0.29) is 17.3 Å². The first-order chi connectivity index (χ1) is 12.9. The highest BCUT2D eigenvalue weighted by Crippen LogP contribution is 2.24. The number of benzene rings is 1. The number of hydrazone groups is 1. The number of sulfonamides is 1. The summed E-state index contributed by atoms with van der Waals surface area (Å²) in [5.74, 6) is -0.153. The van der Waals surface area contributed by atoms with Crippen LogP contribution in [0.5, 0.6) is 0 Å². The monoisotopic (exact) mass is 389 g/mol. The fraction of sp³-hybridized carbons (Fsp3) is 0.368. The molecular formula is C19H23N3O4S. The van der Waals surface area contributed by atoms with Crippen LogP contribution in [0.25, 0.3) is 0 Å². The molecule has 0 saturated carbocycles. The topological polar surface area (TPSA) is 92.0 Å². The van der Waals surface area contributed by atoms with Gasteiger partial charge in [-0.15, -0.1) is 0 Å². The van der Waals surface area contributed by atoms with Crippen LogP contribution in [0.4, 0.5) is 0 Å². The van der Waals surface area contributed by atoms with Gasteiger partial charge in [0.25, 0.3) is 0 Å². The van der Waals surface area contributed by atoms with Crippen molar-refractivity contribution in [1.29, 1.82) is 0 Å². The minimum Gasteiger partial charge on any atom is -0.463 e. The van der Waals surface area contributed by atoms with Gasteiger partial charge < -0.3 is 4.42 Å². The number of piperidine rings is 1. The Labute approximate surface area is 159 Å². The molecule has 1 aliphatic rings. The summed E-state index contributed by atoms with van der Waals surface area (Å²) in [5.41, 5.74) is 4.07. The average Bonchev–Trinajstić information content (AvgIpc) is 3.21. The summed E-state index contributed by atoms with van der Waals surface area (Å²) < 4.78 is 32.3. The number of hydrogen-bond acceptors (Lipinski definition) is 5. The van der Waals surface area contributed by atoms with Gasteiger partial charge in [-0.3, -0.25) is 4.79 Å². The van der Waals surface area contributed by atoms with Crippen LogP contribution in [-0.2, 0) is 14.8 Å². The van der Waals surface area contributed by atoms with E-state index < -0.39 is 15.9 Å². The van der Waals surface area contributed by atoms with Gasteiger partial charge in [-0.1, -0.05) is 17.7 Å². The first-order valence-electron chi connectivity index (χ1n) is 8.83. The van der Waals surface area contributed by atoms with Crippen molar-refractivity contribution in [3.05, 3.63) is 54.0 Å². The van der Waals surface area contributed by atoms with Gasteiger partial charge in [0.2, 0.25) is 15.9 Å². The summed E-state index contributed by atoms with van der Waals surface area (Å²) in [4.78, 5) is 12.7. The van der Waals surface area contributed by atoms with Gasteiger partial charge in [-0.05, 0) is 51.0 Å². The van der Waals surface area contributed by atoms with E-state index in [1.54, 1.807) is 43.3 Å². The van der Waals surface area contributed by atoms with Gasteiger partial charge in [-0.25, -0.2) is 13.8 Å². The predicted molar refractivity (Wildman–Crippen MR) is 102 cm³/mol. The van der Waals surface area contributed by atoms with Crippen LogP contribution in [0.2, 0.25) is 0 Å². The maximum Gasteiger partial charge on any atom is 0.244 e. The van der Waals surface area contributed by atoms with Gasteiger partial charge in [0.05, 0.1) is 17.1 Å². The molecule has 1 saturated heterocycles. The number of amides is 1. The van der Waals surface area contributed by atoms with E-state index in [9.17, 15) is 13.2 Å². The third-order valence-corrected chi connectivity index (χ3v) is 6.50. The van der Waals surface area contributed by atoms with E-state index in [0.717, 1.165) is 5.56 Å². The highest BCUT2D eigenvalue weighted by Gasteiger charge is 2.33. The summed E-state index contributed by atoms with van der Waals surface area (Å²) in [6.45, 7) is 4.20. The molecule has 1 aliphatic heterocycles. The number of carbonyl (C=O) groups excluding carboxylic acids is 1. The smallest absolute Gasteiger partial charge is 0.244 e. The molecule has 0 radical (unpaired) electrons. The van der Waals surface area contributed by atoms with Gasteiger partial charge in [0.15, 0.2) is 0 Å². The summed E-state index contributed by atoms with van der Waals surface area (Å²) >= 11 is 0. The molecule has 1 aromatic heterocycles. The molecule has 0 aliphatic carbocycles. The standard InChI is InChI=1S/C19H23N3O4S/c1-14-7-9-17(10-8-14)27(24,25)22-11-3-5-16(13-22)19(23)21-20-15(2)18-6-4-12-26-18/h4,6-10,12,16H,3,5,11,13H2,1-2H3,(H,21,23)/b20-15-/t16-/m0/s1. The van der Waals surface area contributed by atoms with Crippen LogP contribution in [0.1, 0.15) is 31.1 Å². The van der Waals surface area contributed by atoms with E-state index in [1.807, 2.05) is 6.92 Å². The van der Waals surface area contributed by atoms with Gasteiger partial charge in [0.1, 0.15) is 11.5 Å². The molecule has 1 atom stereocenters. The number of aryl methyl sites for hydroxylation is 1. The Morgan fingerprint density at radius 1 is 1.26 bits per heavy atom. The Morgan fingerprint density at radius 2 is 2.00 bits per heavy atom. The average molecular weight is 389 g/mol. The Kier molecular flexibility index (Phi) is 5.76. The summed E-state index contributed by atoms with van der Waals surface area (Å²) in [5, 5.41) is 4.05. The van der Waals surface area contributed by atoms with Crippen molar-refractivity contribution in [2.75, 3.05) is 13.1 Å². The van der Waals surface area contributed by atoms with Crippen molar-refractivity contribution in [3.8, 4) is 0 Å². The Hall–Kier alpha value is -2.45. The molecule has 0 bridgehead atoms. The van der Waals surface area contributed by atoms with Crippen LogP contribution in [-0.4, -0.2) is 37.4 Å². The van der Waals surface area contributed by atoms with Crippen LogP contribution >= 0.6 is 0 Å². The van der Waals surface area contributed by atoms with Crippen molar-refractivity contribution in [3.63, 3.8) is 0 Å². The first-order valence-corrected chi connectivity index (χ1v) is 10.3. The van der Waals surface area contributed by atoms with Crippen LogP contribution in [0, 0.1) is 12.8 Å². The number of hydrogen-bond donors (Lipinski definition) is 1. The molecule has 1 aromatic carbocycles. The fourth-order valence-electron chi connectivity index (χ4n) is 3.00. The lowest BCUT2D eigenvalue weighted by Crippen LogP contribution is -2.44. The largest absolute Gasteiger partial charge is 0.463 e. The van der Waals surface area contributed by atoms with E-state index in [4.69, 9.17) is 4.42 Å². The van der Waals surface area contributed by atoms with E-state index >= 15 is 0 Å². The zero-order chi connectivity index (χ0) is 19.4. The number of carbonyl (C=O) groups is 1. The number of furan rings is 1. The van der Waals surface area contributed by atoms with Gasteiger partial charge in [0, 0.05) is 13.1 Å². The second-order valence-electron chi connectivity index (χ2n) is 6.67. The summed E-state index contributed by atoms with van der Waals surface area (Å²) in [7, 11) is -3.61. The zero-order valence-corrected chi connectivity index (χ0v) is 16.2. The molecule has 8 heteroatoms. The third kappa shape index (κ3) is 4.45. The Balaban J connectivity index is 1.67. The van der Waals surface area contributed by atoms with Crippen LogP contribution < -0.4 is 5.43 Å². The highest BCUT2D eigenvalue weighted by molar-refractivity contribution is 7.89. The maximum absolute atomic E-state index is 12.8. The Bertz CT molecular complexity index is 918. The van der Waals surface area contributed by atoms with E-state index in [1.165, 1.54) is 10.6 Å². The van der Waals surface area contributed by atoms with Gasteiger partial charge in [-0.2, -0.15) is 9.41 Å². The molecule has 144 valence electrons. The van der Waals surface area contributed by atoms with E-state index in [2.05, 4.69) is 10.5 Å².